The van der Waals surface area contributed by atoms with Gasteiger partial charge in [-0.25, -0.2) is 9.97 Å². The van der Waals surface area contributed by atoms with Gasteiger partial charge in [0.15, 0.2) is 0 Å². The topological polar surface area (TPSA) is 43.9 Å². The Morgan fingerprint density at radius 3 is 2.43 bits per heavy atom. The zero-order chi connectivity index (χ0) is 21.2. The summed E-state index contributed by atoms with van der Waals surface area (Å²) in [6, 6.07) is 16.9. The van der Waals surface area contributed by atoms with Crippen molar-refractivity contribution in [3.63, 3.8) is 0 Å². The lowest BCUT2D eigenvalue weighted by Gasteiger charge is -2.24. The third kappa shape index (κ3) is 2.74. The van der Waals surface area contributed by atoms with Crippen molar-refractivity contribution >= 4 is 33.1 Å². The Morgan fingerprint density at radius 2 is 1.70 bits per heavy atom. The molecule has 3 aromatic heterocycles. The van der Waals surface area contributed by atoms with Crippen molar-refractivity contribution in [3.05, 3.63) is 59.8 Å². The molecule has 30 heavy (non-hydrogen) atoms. The molecule has 0 atom stereocenters. The number of aromatic nitrogens is 3. The number of fused-ring (bicyclic) bond motifs is 4. The molecular weight excluding hydrogens is 370 g/mol. The standard InChI is InChI=1S/C26H27N3O/c1-15(2)19-14-13-17-22-16(3)11-12-18(23(22)30-25(17)28-19)24-27-20-9-7-8-10-21(20)29(24)26(4,5)6/h7-15H,1-6H3. The Bertz CT molecular complexity index is 1410. The molecule has 0 radical (unpaired) electrons. The summed E-state index contributed by atoms with van der Waals surface area (Å²) in [5.41, 5.74) is 6.79. The van der Waals surface area contributed by atoms with E-state index in [9.17, 15) is 0 Å². The van der Waals surface area contributed by atoms with E-state index in [-0.39, 0.29) is 5.54 Å². The van der Waals surface area contributed by atoms with Crippen molar-refractivity contribution in [2.24, 2.45) is 0 Å². The lowest BCUT2D eigenvalue weighted by Crippen LogP contribution is -2.22. The fraction of sp³-hybridized carbons (Fsp3) is 0.308. The molecule has 0 saturated carbocycles. The van der Waals surface area contributed by atoms with Crippen molar-refractivity contribution in [3.8, 4) is 11.4 Å². The normalized spacial score (nSPS) is 12.6. The van der Waals surface area contributed by atoms with E-state index in [1.165, 1.54) is 5.56 Å². The number of benzene rings is 2. The number of imidazole rings is 1. The molecular formula is C26H27N3O. The molecule has 0 aliphatic carbocycles. The van der Waals surface area contributed by atoms with Crippen molar-refractivity contribution in [2.75, 3.05) is 0 Å². The van der Waals surface area contributed by atoms with Gasteiger partial charge in [-0.05, 0) is 69.5 Å². The van der Waals surface area contributed by atoms with Crippen LogP contribution in [0.25, 0.3) is 44.5 Å². The zero-order valence-corrected chi connectivity index (χ0v) is 18.4. The van der Waals surface area contributed by atoms with E-state index < -0.39 is 0 Å². The van der Waals surface area contributed by atoms with Gasteiger partial charge in [0, 0.05) is 22.0 Å². The average Bonchev–Trinajstić information content (AvgIpc) is 3.26. The Kier molecular flexibility index (Phi) is 4.04. The van der Waals surface area contributed by atoms with Gasteiger partial charge in [-0.1, -0.05) is 32.0 Å². The first-order valence-electron chi connectivity index (χ1n) is 10.6. The second kappa shape index (κ2) is 6.43. The first-order valence-corrected chi connectivity index (χ1v) is 10.6. The Balaban J connectivity index is 1.89. The molecule has 0 spiro atoms. The van der Waals surface area contributed by atoms with Gasteiger partial charge in [-0.3, -0.25) is 0 Å². The number of aryl methyl sites for hydroxylation is 1. The van der Waals surface area contributed by atoms with Crippen LogP contribution >= 0.6 is 0 Å². The van der Waals surface area contributed by atoms with E-state index in [4.69, 9.17) is 14.4 Å². The summed E-state index contributed by atoms with van der Waals surface area (Å²) >= 11 is 0. The van der Waals surface area contributed by atoms with Crippen molar-refractivity contribution < 1.29 is 4.42 Å². The SMILES string of the molecule is Cc1ccc(-c2nc3ccccc3n2C(C)(C)C)c2oc3nc(C(C)C)ccc3c12. The summed E-state index contributed by atoms with van der Waals surface area (Å²) in [5.74, 6) is 1.28. The van der Waals surface area contributed by atoms with E-state index in [1.807, 2.05) is 6.07 Å². The summed E-state index contributed by atoms with van der Waals surface area (Å²) in [6.45, 7) is 13.1. The minimum absolute atomic E-state index is 0.127. The highest BCUT2D eigenvalue weighted by Crippen LogP contribution is 2.39. The predicted molar refractivity (Wildman–Crippen MR) is 124 cm³/mol. The molecule has 4 heteroatoms. The molecule has 3 heterocycles. The molecule has 4 nitrogen and oxygen atoms in total. The number of furan rings is 1. The highest BCUT2D eigenvalue weighted by molar-refractivity contribution is 6.10. The van der Waals surface area contributed by atoms with Crippen LogP contribution < -0.4 is 0 Å². The van der Waals surface area contributed by atoms with Gasteiger partial charge >= 0.3 is 0 Å². The second-order valence-electron chi connectivity index (χ2n) is 9.41. The molecule has 0 aliphatic heterocycles. The minimum atomic E-state index is -0.127. The number of para-hydroxylation sites is 2. The maximum absolute atomic E-state index is 6.41. The fourth-order valence-electron chi connectivity index (χ4n) is 4.32. The van der Waals surface area contributed by atoms with Crippen LogP contribution in [0.1, 0.15) is 51.8 Å². The summed E-state index contributed by atoms with van der Waals surface area (Å²) in [5, 5.41) is 2.19. The van der Waals surface area contributed by atoms with E-state index in [0.29, 0.717) is 11.6 Å². The zero-order valence-electron chi connectivity index (χ0n) is 18.4. The van der Waals surface area contributed by atoms with Crippen LogP contribution in [0.4, 0.5) is 0 Å². The van der Waals surface area contributed by atoms with E-state index in [2.05, 4.69) is 88.6 Å². The fourth-order valence-corrected chi connectivity index (χ4v) is 4.32. The molecule has 0 saturated heterocycles. The summed E-state index contributed by atoms with van der Waals surface area (Å²) in [4.78, 5) is 9.84. The van der Waals surface area contributed by atoms with Gasteiger partial charge in [-0.2, -0.15) is 0 Å². The number of hydrogen-bond donors (Lipinski definition) is 0. The van der Waals surface area contributed by atoms with Gasteiger partial charge in [-0.15, -0.1) is 0 Å². The smallest absolute Gasteiger partial charge is 0.227 e. The molecule has 0 amide bonds. The summed E-state index contributed by atoms with van der Waals surface area (Å²) < 4.78 is 8.72. The lowest BCUT2D eigenvalue weighted by atomic mass is 10.0. The molecule has 152 valence electrons. The Morgan fingerprint density at radius 1 is 0.933 bits per heavy atom. The highest BCUT2D eigenvalue weighted by Gasteiger charge is 2.25. The van der Waals surface area contributed by atoms with Crippen LogP contribution in [0.15, 0.2) is 52.9 Å². The van der Waals surface area contributed by atoms with E-state index in [0.717, 1.165) is 44.5 Å². The van der Waals surface area contributed by atoms with Crippen LogP contribution in [0.2, 0.25) is 0 Å². The molecule has 0 aliphatic rings. The average molecular weight is 398 g/mol. The minimum Gasteiger partial charge on any atom is -0.437 e. The van der Waals surface area contributed by atoms with Crippen molar-refractivity contribution in [2.45, 2.75) is 53.0 Å². The van der Waals surface area contributed by atoms with Gasteiger partial charge in [0.25, 0.3) is 0 Å². The Hall–Kier alpha value is -3.14. The second-order valence-corrected chi connectivity index (χ2v) is 9.41. The summed E-state index contributed by atoms with van der Waals surface area (Å²) in [6.07, 6.45) is 0. The largest absolute Gasteiger partial charge is 0.437 e. The number of nitrogens with zero attached hydrogens (tertiary/aromatic N) is 3. The third-order valence-corrected chi connectivity index (χ3v) is 5.78. The van der Waals surface area contributed by atoms with Gasteiger partial charge in [0.05, 0.1) is 16.6 Å². The number of rotatable bonds is 2. The maximum Gasteiger partial charge on any atom is 0.227 e. The maximum atomic E-state index is 6.41. The molecule has 2 aromatic carbocycles. The van der Waals surface area contributed by atoms with Gasteiger partial charge < -0.3 is 8.98 Å². The molecule has 5 rings (SSSR count). The molecule has 5 aromatic rings. The number of hydrogen-bond acceptors (Lipinski definition) is 3. The molecule has 0 N–H and O–H groups in total. The highest BCUT2D eigenvalue weighted by atomic mass is 16.3. The van der Waals surface area contributed by atoms with Crippen LogP contribution in [0.5, 0.6) is 0 Å². The monoisotopic (exact) mass is 397 g/mol. The van der Waals surface area contributed by atoms with Crippen LogP contribution in [0, 0.1) is 6.92 Å². The quantitative estimate of drug-likeness (QED) is 0.317. The number of pyridine rings is 1. The van der Waals surface area contributed by atoms with Crippen LogP contribution in [0.3, 0.4) is 0 Å². The molecule has 0 bridgehead atoms. The van der Waals surface area contributed by atoms with Crippen molar-refractivity contribution in [1.82, 2.24) is 14.5 Å². The lowest BCUT2D eigenvalue weighted by molar-refractivity contribution is 0.413. The first kappa shape index (κ1) is 18.9. The van der Waals surface area contributed by atoms with Crippen LogP contribution in [-0.4, -0.2) is 14.5 Å². The Labute approximate surface area is 176 Å². The van der Waals surface area contributed by atoms with Gasteiger partial charge in [0.2, 0.25) is 5.71 Å². The van der Waals surface area contributed by atoms with Crippen LogP contribution in [-0.2, 0) is 5.54 Å². The van der Waals surface area contributed by atoms with Gasteiger partial charge in [0.1, 0.15) is 11.4 Å². The van der Waals surface area contributed by atoms with Crippen molar-refractivity contribution in [1.29, 1.82) is 0 Å². The van der Waals surface area contributed by atoms with E-state index >= 15 is 0 Å². The summed E-state index contributed by atoms with van der Waals surface area (Å²) in [7, 11) is 0. The predicted octanol–water partition coefficient (Wildman–Crippen LogP) is 7.18. The molecule has 0 fully saturated rings. The van der Waals surface area contributed by atoms with E-state index in [1.54, 1.807) is 0 Å². The first-order chi connectivity index (χ1) is 14.3. The molecule has 0 unspecified atom stereocenters. The third-order valence-electron chi connectivity index (χ3n) is 5.78.